The number of amides is 2. The van der Waals surface area contributed by atoms with Gasteiger partial charge in [0, 0.05) is 27.8 Å². The van der Waals surface area contributed by atoms with Gasteiger partial charge in [-0.05, 0) is 47.5 Å². The molecule has 3 heterocycles. The molecule has 3 aromatic heterocycles. The molecule has 0 aliphatic carbocycles. The lowest BCUT2D eigenvalue weighted by Crippen LogP contribution is -2.41. The molecule has 2 amide bonds. The fraction of sp³-hybridized carbons (Fsp3) is 0.125. The van der Waals surface area contributed by atoms with Crippen LogP contribution in [0.5, 0.6) is 0 Å². The SMILES string of the molecule is CC(=O)c1cnc2sc(C(=O)NNC(=O)c3cc(Br)c[nH]3)c(C)c2c1. The van der Waals surface area contributed by atoms with Crippen molar-refractivity contribution in [2.24, 2.45) is 0 Å². The molecular formula is C16H13BrN4O3S. The molecule has 0 atom stereocenters. The van der Waals surface area contributed by atoms with Gasteiger partial charge in [0.25, 0.3) is 11.8 Å². The number of thiophene rings is 1. The van der Waals surface area contributed by atoms with Crippen LogP contribution in [0.3, 0.4) is 0 Å². The number of hydrazine groups is 1. The van der Waals surface area contributed by atoms with Crippen molar-refractivity contribution < 1.29 is 14.4 Å². The van der Waals surface area contributed by atoms with Crippen LogP contribution in [0, 0.1) is 6.92 Å². The lowest BCUT2D eigenvalue weighted by Gasteiger charge is -2.05. The Morgan fingerprint density at radius 1 is 1.20 bits per heavy atom. The topological polar surface area (TPSA) is 104 Å². The molecule has 0 bridgehead atoms. The Kier molecular flexibility index (Phi) is 4.69. The fourth-order valence-electron chi connectivity index (χ4n) is 2.24. The van der Waals surface area contributed by atoms with Crippen molar-refractivity contribution in [3.8, 4) is 0 Å². The highest BCUT2D eigenvalue weighted by molar-refractivity contribution is 9.10. The van der Waals surface area contributed by atoms with Crippen molar-refractivity contribution in [2.75, 3.05) is 0 Å². The molecule has 3 aromatic rings. The Morgan fingerprint density at radius 2 is 1.92 bits per heavy atom. The highest BCUT2D eigenvalue weighted by Crippen LogP contribution is 2.29. The van der Waals surface area contributed by atoms with E-state index in [0.717, 1.165) is 9.86 Å². The first-order valence-electron chi connectivity index (χ1n) is 7.21. The van der Waals surface area contributed by atoms with Crippen LogP contribution in [0.1, 0.15) is 43.0 Å². The van der Waals surface area contributed by atoms with Crippen molar-refractivity contribution in [2.45, 2.75) is 13.8 Å². The van der Waals surface area contributed by atoms with Gasteiger partial charge in [0.05, 0.1) is 4.88 Å². The molecule has 0 saturated carbocycles. The number of fused-ring (bicyclic) bond motifs is 1. The van der Waals surface area contributed by atoms with E-state index in [4.69, 9.17) is 0 Å². The molecule has 0 aromatic carbocycles. The molecule has 3 rings (SSSR count). The molecule has 0 radical (unpaired) electrons. The average Bonchev–Trinajstić information content (AvgIpc) is 3.16. The maximum Gasteiger partial charge on any atom is 0.286 e. The van der Waals surface area contributed by atoms with Crippen LogP contribution < -0.4 is 10.9 Å². The molecule has 0 fully saturated rings. The number of nitrogens with zero attached hydrogens (tertiary/aromatic N) is 1. The Bertz CT molecular complexity index is 1010. The second kappa shape index (κ2) is 6.77. The van der Waals surface area contributed by atoms with Gasteiger partial charge in [-0.3, -0.25) is 25.2 Å². The second-order valence-electron chi connectivity index (χ2n) is 5.33. The van der Waals surface area contributed by atoms with Gasteiger partial charge in [-0.2, -0.15) is 0 Å². The maximum atomic E-state index is 12.4. The predicted octanol–water partition coefficient (Wildman–Crippen LogP) is 2.97. The van der Waals surface area contributed by atoms with Crippen molar-refractivity contribution in [3.63, 3.8) is 0 Å². The summed E-state index contributed by atoms with van der Waals surface area (Å²) in [6.45, 7) is 3.25. The van der Waals surface area contributed by atoms with Gasteiger partial charge in [-0.25, -0.2) is 4.98 Å². The first-order chi connectivity index (χ1) is 11.9. The number of carbonyl (C=O) groups excluding carboxylic acids is 3. The Labute approximate surface area is 154 Å². The number of aromatic nitrogens is 2. The molecule has 0 spiro atoms. The standard InChI is InChI=1S/C16H13BrN4O3S/c1-7-11-3-9(8(2)22)5-19-16(11)25-13(7)15(24)21-20-14(23)12-4-10(17)6-18-12/h3-6,18H,1-2H3,(H,20,23)(H,21,24). The monoisotopic (exact) mass is 420 g/mol. The quantitative estimate of drug-likeness (QED) is 0.447. The number of rotatable bonds is 3. The van der Waals surface area contributed by atoms with Gasteiger partial charge >= 0.3 is 0 Å². The number of Topliss-reactive ketones (excluding diaryl/α,β-unsaturated/α-hetero) is 1. The molecule has 128 valence electrons. The summed E-state index contributed by atoms with van der Waals surface area (Å²) in [6.07, 6.45) is 3.11. The number of nitrogens with one attached hydrogen (secondary N) is 3. The van der Waals surface area contributed by atoms with Crippen LogP contribution >= 0.6 is 27.3 Å². The van der Waals surface area contributed by atoms with E-state index in [1.807, 2.05) is 0 Å². The zero-order chi connectivity index (χ0) is 18.1. The largest absolute Gasteiger partial charge is 0.356 e. The highest BCUT2D eigenvalue weighted by atomic mass is 79.9. The normalized spacial score (nSPS) is 10.7. The number of halogens is 1. The minimum Gasteiger partial charge on any atom is -0.356 e. The minimum absolute atomic E-state index is 0.0876. The van der Waals surface area contributed by atoms with E-state index in [9.17, 15) is 14.4 Å². The first-order valence-corrected chi connectivity index (χ1v) is 8.82. The fourth-order valence-corrected chi connectivity index (χ4v) is 3.61. The average molecular weight is 421 g/mol. The first kappa shape index (κ1) is 17.3. The summed E-state index contributed by atoms with van der Waals surface area (Å²) in [5.41, 5.74) is 6.26. The summed E-state index contributed by atoms with van der Waals surface area (Å²) in [7, 11) is 0. The summed E-state index contributed by atoms with van der Waals surface area (Å²) >= 11 is 4.44. The summed E-state index contributed by atoms with van der Waals surface area (Å²) in [6, 6.07) is 3.32. The lowest BCUT2D eigenvalue weighted by atomic mass is 10.1. The van der Waals surface area contributed by atoms with Crippen molar-refractivity contribution >= 4 is 55.1 Å². The summed E-state index contributed by atoms with van der Waals surface area (Å²) in [4.78, 5) is 43.9. The van der Waals surface area contributed by atoms with Gasteiger partial charge in [-0.15, -0.1) is 11.3 Å². The van der Waals surface area contributed by atoms with Crippen LogP contribution in [-0.2, 0) is 0 Å². The van der Waals surface area contributed by atoms with Crippen LogP contribution in [0.25, 0.3) is 10.2 Å². The van der Waals surface area contributed by atoms with E-state index < -0.39 is 11.8 Å². The van der Waals surface area contributed by atoms with E-state index in [1.165, 1.54) is 24.5 Å². The van der Waals surface area contributed by atoms with E-state index in [-0.39, 0.29) is 5.78 Å². The van der Waals surface area contributed by atoms with Crippen molar-refractivity contribution in [3.05, 3.63) is 50.7 Å². The number of hydrogen-bond acceptors (Lipinski definition) is 5. The summed E-state index contributed by atoms with van der Waals surface area (Å²) < 4.78 is 0.733. The van der Waals surface area contributed by atoms with Crippen molar-refractivity contribution in [1.29, 1.82) is 0 Å². The molecule has 3 N–H and O–H groups in total. The molecule has 0 unspecified atom stereocenters. The van der Waals surface area contributed by atoms with Gasteiger partial charge in [-0.1, -0.05) is 0 Å². The summed E-state index contributed by atoms with van der Waals surface area (Å²) in [5, 5.41) is 0.752. The van der Waals surface area contributed by atoms with Crippen LogP contribution in [-0.4, -0.2) is 27.6 Å². The highest BCUT2D eigenvalue weighted by Gasteiger charge is 2.18. The number of H-pyrrole nitrogens is 1. The molecular weight excluding hydrogens is 408 g/mol. The number of aryl methyl sites for hydroxylation is 1. The molecule has 25 heavy (non-hydrogen) atoms. The smallest absolute Gasteiger partial charge is 0.286 e. The molecule has 0 aliphatic heterocycles. The van der Waals surface area contributed by atoms with Crippen LogP contribution in [0.15, 0.2) is 29.0 Å². The molecule has 9 heteroatoms. The number of pyridine rings is 1. The zero-order valence-corrected chi connectivity index (χ0v) is 15.7. The number of carbonyl (C=O) groups is 3. The van der Waals surface area contributed by atoms with Crippen LogP contribution in [0.2, 0.25) is 0 Å². The Hall–Kier alpha value is -2.52. The van der Waals surface area contributed by atoms with E-state index in [0.29, 0.717) is 26.5 Å². The van der Waals surface area contributed by atoms with E-state index >= 15 is 0 Å². The Balaban J connectivity index is 1.79. The third-order valence-electron chi connectivity index (χ3n) is 3.59. The second-order valence-corrected chi connectivity index (χ2v) is 7.24. The number of aromatic amines is 1. The molecule has 0 aliphatic rings. The third kappa shape index (κ3) is 3.47. The van der Waals surface area contributed by atoms with Gasteiger partial charge in [0.2, 0.25) is 0 Å². The van der Waals surface area contributed by atoms with Gasteiger partial charge in [0.1, 0.15) is 10.5 Å². The van der Waals surface area contributed by atoms with E-state index in [2.05, 4.69) is 36.7 Å². The maximum absolute atomic E-state index is 12.4. The lowest BCUT2D eigenvalue weighted by molar-refractivity contribution is 0.0846. The molecule has 0 saturated heterocycles. The Morgan fingerprint density at radius 3 is 2.56 bits per heavy atom. The summed E-state index contributed by atoms with van der Waals surface area (Å²) in [5.74, 6) is -0.992. The van der Waals surface area contributed by atoms with Gasteiger partial charge in [0.15, 0.2) is 5.78 Å². The minimum atomic E-state index is -0.463. The molecule has 7 nitrogen and oxygen atoms in total. The number of hydrogen-bond donors (Lipinski definition) is 3. The van der Waals surface area contributed by atoms with Crippen molar-refractivity contribution in [1.82, 2.24) is 20.8 Å². The van der Waals surface area contributed by atoms with Crippen LogP contribution in [0.4, 0.5) is 0 Å². The number of ketones is 1. The van der Waals surface area contributed by atoms with Gasteiger partial charge < -0.3 is 4.98 Å². The third-order valence-corrected chi connectivity index (χ3v) is 5.26. The van der Waals surface area contributed by atoms with E-state index in [1.54, 1.807) is 25.3 Å². The predicted molar refractivity (Wildman–Crippen MR) is 97.8 cm³/mol. The zero-order valence-electron chi connectivity index (χ0n) is 13.3.